The van der Waals surface area contributed by atoms with Crippen molar-refractivity contribution in [2.75, 3.05) is 13.7 Å². The highest BCUT2D eigenvalue weighted by Crippen LogP contribution is 2.29. The van der Waals surface area contributed by atoms with Gasteiger partial charge in [-0.3, -0.25) is 0 Å². The largest absolute Gasteiger partial charge is 0.496 e. The summed E-state index contributed by atoms with van der Waals surface area (Å²) < 4.78 is 5.32. The van der Waals surface area contributed by atoms with E-state index in [2.05, 4.69) is 5.32 Å². The van der Waals surface area contributed by atoms with Crippen molar-refractivity contribution >= 4 is 0 Å². The molecule has 0 saturated heterocycles. The van der Waals surface area contributed by atoms with Gasteiger partial charge in [-0.05, 0) is 25.8 Å². The van der Waals surface area contributed by atoms with E-state index < -0.39 is 5.60 Å². The molecule has 1 atom stereocenters. The van der Waals surface area contributed by atoms with Crippen LogP contribution in [0, 0.1) is 0 Å². The molecule has 0 bridgehead atoms. The van der Waals surface area contributed by atoms with Gasteiger partial charge >= 0.3 is 0 Å². The maximum absolute atomic E-state index is 10.6. The van der Waals surface area contributed by atoms with Gasteiger partial charge in [0, 0.05) is 18.2 Å². The van der Waals surface area contributed by atoms with Crippen LogP contribution in [-0.4, -0.2) is 24.8 Å². The standard InChI is InChI=1S/C15H23NO2/c1-15(17,11-16-12-7-3-4-8-12)13-9-5-6-10-14(13)18-2/h5-6,9-10,12,16-17H,3-4,7-8,11H2,1-2H3. The SMILES string of the molecule is COc1ccccc1C(C)(O)CNC1CCCC1. The van der Waals surface area contributed by atoms with Gasteiger partial charge in [0.25, 0.3) is 0 Å². The second kappa shape index (κ2) is 5.72. The summed E-state index contributed by atoms with van der Waals surface area (Å²) in [6.07, 6.45) is 5.05. The Balaban J connectivity index is 2.04. The number of rotatable bonds is 5. The molecule has 0 heterocycles. The van der Waals surface area contributed by atoms with Crippen molar-refractivity contribution in [3.63, 3.8) is 0 Å². The van der Waals surface area contributed by atoms with Crippen molar-refractivity contribution in [2.45, 2.75) is 44.2 Å². The molecule has 1 aromatic carbocycles. The number of nitrogens with one attached hydrogen (secondary N) is 1. The van der Waals surface area contributed by atoms with Crippen LogP contribution in [0.15, 0.2) is 24.3 Å². The fraction of sp³-hybridized carbons (Fsp3) is 0.600. The monoisotopic (exact) mass is 249 g/mol. The Bertz CT molecular complexity index is 384. The number of hydrogen-bond donors (Lipinski definition) is 2. The third-order valence-corrected chi connectivity index (χ3v) is 3.78. The van der Waals surface area contributed by atoms with Gasteiger partial charge in [-0.15, -0.1) is 0 Å². The molecule has 1 unspecified atom stereocenters. The van der Waals surface area contributed by atoms with Crippen LogP contribution in [0.3, 0.4) is 0 Å². The third kappa shape index (κ3) is 3.03. The highest BCUT2D eigenvalue weighted by molar-refractivity contribution is 5.37. The Morgan fingerprint density at radius 1 is 1.33 bits per heavy atom. The average Bonchev–Trinajstić information content (AvgIpc) is 2.89. The first kappa shape index (κ1) is 13.4. The normalized spacial score (nSPS) is 19.7. The summed E-state index contributed by atoms with van der Waals surface area (Å²) in [6.45, 7) is 2.41. The summed E-state index contributed by atoms with van der Waals surface area (Å²) in [6, 6.07) is 8.23. The number of aliphatic hydroxyl groups is 1. The molecule has 1 aromatic rings. The molecule has 3 nitrogen and oxygen atoms in total. The molecule has 1 aliphatic rings. The van der Waals surface area contributed by atoms with Gasteiger partial charge in [0.15, 0.2) is 0 Å². The van der Waals surface area contributed by atoms with Gasteiger partial charge in [-0.2, -0.15) is 0 Å². The number of benzene rings is 1. The minimum Gasteiger partial charge on any atom is -0.496 e. The van der Waals surface area contributed by atoms with Gasteiger partial charge in [0.2, 0.25) is 0 Å². The second-order valence-corrected chi connectivity index (χ2v) is 5.34. The summed E-state index contributed by atoms with van der Waals surface area (Å²) in [5.74, 6) is 0.746. The zero-order valence-electron chi connectivity index (χ0n) is 11.3. The number of hydrogen-bond acceptors (Lipinski definition) is 3. The Hall–Kier alpha value is -1.06. The topological polar surface area (TPSA) is 41.5 Å². The van der Waals surface area contributed by atoms with Gasteiger partial charge < -0.3 is 15.2 Å². The molecular formula is C15H23NO2. The summed E-state index contributed by atoms with van der Waals surface area (Å²) in [5.41, 5.74) is -0.0483. The van der Waals surface area contributed by atoms with E-state index in [1.54, 1.807) is 7.11 Å². The summed E-state index contributed by atoms with van der Waals surface area (Å²) in [4.78, 5) is 0. The molecule has 100 valence electrons. The van der Waals surface area contributed by atoms with Crippen LogP contribution in [0.2, 0.25) is 0 Å². The molecule has 2 N–H and O–H groups in total. The first-order valence-corrected chi connectivity index (χ1v) is 6.73. The molecule has 1 saturated carbocycles. The van der Waals surface area contributed by atoms with Gasteiger partial charge in [0.05, 0.1) is 7.11 Å². The first-order chi connectivity index (χ1) is 8.63. The highest BCUT2D eigenvalue weighted by Gasteiger charge is 2.27. The van der Waals surface area contributed by atoms with E-state index >= 15 is 0 Å². The average molecular weight is 249 g/mol. The number of para-hydroxylation sites is 1. The van der Waals surface area contributed by atoms with Crippen LogP contribution in [0.1, 0.15) is 38.2 Å². The first-order valence-electron chi connectivity index (χ1n) is 6.73. The molecule has 0 amide bonds. The van der Waals surface area contributed by atoms with Crippen molar-refractivity contribution < 1.29 is 9.84 Å². The molecule has 0 spiro atoms. The molecule has 1 aliphatic carbocycles. The molecule has 0 radical (unpaired) electrons. The smallest absolute Gasteiger partial charge is 0.124 e. The molecular weight excluding hydrogens is 226 g/mol. The zero-order chi connectivity index (χ0) is 13.0. The summed E-state index contributed by atoms with van der Waals surface area (Å²) >= 11 is 0. The Kier molecular flexibility index (Phi) is 4.25. The van der Waals surface area contributed by atoms with Crippen LogP contribution in [0.25, 0.3) is 0 Å². The minimum atomic E-state index is -0.894. The van der Waals surface area contributed by atoms with Gasteiger partial charge in [-0.1, -0.05) is 31.0 Å². The van der Waals surface area contributed by atoms with E-state index in [-0.39, 0.29) is 0 Å². The van der Waals surface area contributed by atoms with Crippen LogP contribution in [-0.2, 0) is 5.60 Å². The summed E-state index contributed by atoms with van der Waals surface area (Å²) in [5, 5.41) is 14.1. The second-order valence-electron chi connectivity index (χ2n) is 5.34. The highest BCUT2D eigenvalue weighted by atomic mass is 16.5. The van der Waals surface area contributed by atoms with Crippen LogP contribution < -0.4 is 10.1 Å². The third-order valence-electron chi connectivity index (χ3n) is 3.78. The maximum Gasteiger partial charge on any atom is 0.124 e. The van der Waals surface area contributed by atoms with Crippen molar-refractivity contribution in [2.24, 2.45) is 0 Å². The van der Waals surface area contributed by atoms with Crippen molar-refractivity contribution in [3.8, 4) is 5.75 Å². The fourth-order valence-corrected chi connectivity index (χ4v) is 2.66. The molecule has 1 fully saturated rings. The van der Waals surface area contributed by atoms with E-state index in [0.717, 1.165) is 11.3 Å². The Morgan fingerprint density at radius 3 is 2.67 bits per heavy atom. The van der Waals surface area contributed by atoms with Crippen molar-refractivity contribution in [3.05, 3.63) is 29.8 Å². The van der Waals surface area contributed by atoms with E-state index in [1.807, 2.05) is 31.2 Å². The quantitative estimate of drug-likeness (QED) is 0.842. The Morgan fingerprint density at radius 2 is 2.00 bits per heavy atom. The summed E-state index contributed by atoms with van der Waals surface area (Å²) in [7, 11) is 1.64. The predicted octanol–water partition coefficient (Wildman–Crippen LogP) is 2.43. The van der Waals surface area contributed by atoms with E-state index in [0.29, 0.717) is 12.6 Å². The molecule has 2 rings (SSSR count). The number of methoxy groups -OCH3 is 1. The van der Waals surface area contributed by atoms with Gasteiger partial charge in [-0.25, -0.2) is 0 Å². The maximum atomic E-state index is 10.6. The van der Waals surface area contributed by atoms with E-state index in [1.165, 1.54) is 25.7 Å². The van der Waals surface area contributed by atoms with Crippen LogP contribution in [0.5, 0.6) is 5.75 Å². The van der Waals surface area contributed by atoms with Crippen molar-refractivity contribution in [1.29, 1.82) is 0 Å². The minimum absolute atomic E-state index is 0.561. The molecule has 18 heavy (non-hydrogen) atoms. The molecule has 0 aliphatic heterocycles. The lowest BCUT2D eigenvalue weighted by Gasteiger charge is -2.27. The van der Waals surface area contributed by atoms with E-state index in [9.17, 15) is 5.11 Å². The zero-order valence-corrected chi connectivity index (χ0v) is 11.3. The molecule has 3 heteroatoms. The lowest BCUT2D eigenvalue weighted by molar-refractivity contribution is 0.0515. The predicted molar refractivity (Wildman–Crippen MR) is 72.8 cm³/mol. The molecule has 0 aromatic heterocycles. The Labute approximate surface area is 109 Å². The van der Waals surface area contributed by atoms with E-state index in [4.69, 9.17) is 4.74 Å². The van der Waals surface area contributed by atoms with Crippen LogP contribution >= 0.6 is 0 Å². The van der Waals surface area contributed by atoms with Crippen molar-refractivity contribution in [1.82, 2.24) is 5.32 Å². The lowest BCUT2D eigenvalue weighted by atomic mass is 9.94. The number of ether oxygens (including phenoxy) is 1. The fourth-order valence-electron chi connectivity index (χ4n) is 2.66. The van der Waals surface area contributed by atoms with Gasteiger partial charge in [0.1, 0.15) is 11.4 Å². The van der Waals surface area contributed by atoms with Crippen LogP contribution in [0.4, 0.5) is 0 Å². The lowest BCUT2D eigenvalue weighted by Crippen LogP contribution is -2.40.